The maximum Gasteiger partial charge on any atom is 0.264 e. The Balaban J connectivity index is 1.72. The summed E-state index contributed by atoms with van der Waals surface area (Å²) in [5.41, 5.74) is 2.52. The van der Waals surface area contributed by atoms with Gasteiger partial charge in [-0.3, -0.25) is 10.1 Å². The summed E-state index contributed by atoms with van der Waals surface area (Å²) in [5.74, 6) is 0.434. The van der Waals surface area contributed by atoms with Crippen molar-refractivity contribution in [2.75, 3.05) is 11.9 Å². The van der Waals surface area contributed by atoms with E-state index in [0.29, 0.717) is 17.0 Å². The molecular formula is C15H16N6O2S. The van der Waals surface area contributed by atoms with E-state index in [-0.39, 0.29) is 12.5 Å². The lowest BCUT2D eigenvalue weighted by atomic mass is 10.4. The normalized spacial score (nSPS) is 10.6. The van der Waals surface area contributed by atoms with E-state index in [4.69, 9.17) is 4.74 Å². The largest absolute Gasteiger partial charge is 0.467 e. The van der Waals surface area contributed by atoms with E-state index >= 15 is 0 Å². The van der Waals surface area contributed by atoms with Crippen molar-refractivity contribution in [3.05, 3.63) is 40.8 Å². The third-order valence-electron chi connectivity index (χ3n) is 3.05. The average molecular weight is 344 g/mol. The van der Waals surface area contributed by atoms with Crippen LogP contribution in [0.5, 0.6) is 5.88 Å². The average Bonchev–Trinajstić information content (AvgIpc) is 3.14. The second-order valence-electron chi connectivity index (χ2n) is 5.16. The lowest BCUT2D eigenvalue weighted by molar-refractivity contribution is -0.118. The number of nitrogens with zero attached hydrogens (tertiary/aromatic N) is 5. The molecule has 1 N–H and O–H groups in total. The number of carbonyl (C=O) groups is 1. The van der Waals surface area contributed by atoms with Gasteiger partial charge in [0.2, 0.25) is 5.88 Å². The summed E-state index contributed by atoms with van der Waals surface area (Å²) < 4.78 is 7.12. The molecule has 0 aromatic carbocycles. The molecule has 0 radical (unpaired) electrons. The third-order valence-corrected chi connectivity index (χ3v) is 3.74. The minimum atomic E-state index is -0.297. The van der Waals surface area contributed by atoms with Crippen LogP contribution < -0.4 is 10.1 Å². The first kappa shape index (κ1) is 16.1. The lowest BCUT2D eigenvalue weighted by Crippen LogP contribution is -2.20. The molecule has 3 aromatic rings. The minimum Gasteiger partial charge on any atom is -0.467 e. The molecule has 3 heterocycles. The predicted octanol–water partition coefficient (Wildman–Crippen LogP) is 2.06. The molecule has 0 aliphatic heterocycles. The summed E-state index contributed by atoms with van der Waals surface area (Å²) in [6.45, 7) is 5.50. The number of aryl methyl sites for hydroxylation is 3. The van der Waals surface area contributed by atoms with Gasteiger partial charge >= 0.3 is 0 Å². The van der Waals surface area contributed by atoms with E-state index in [0.717, 1.165) is 17.1 Å². The molecule has 1 amide bonds. The molecule has 0 spiro atoms. The topological polar surface area (TPSA) is 94.8 Å². The molecule has 8 nitrogen and oxygen atoms in total. The molecule has 0 atom stereocenters. The number of thiazole rings is 1. The summed E-state index contributed by atoms with van der Waals surface area (Å²) in [6.07, 6.45) is 1.62. The van der Waals surface area contributed by atoms with Gasteiger partial charge in [-0.15, -0.1) is 11.3 Å². The molecule has 24 heavy (non-hydrogen) atoms. The zero-order valence-electron chi connectivity index (χ0n) is 13.5. The lowest BCUT2D eigenvalue weighted by Gasteiger charge is -2.08. The molecule has 0 aliphatic carbocycles. The molecular weight excluding hydrogens is 328 g/mol. The Morgan fingerprint density at radius 3 is 2.75 bits per heavy atom. The van der Waals surface area contributed by atoms with E-state index in [1.54, 1.807) is 22.3 Å². The van der Waals surface area contributed by atoms with Crippen molar-refractivity contribution in [2.45, 2.75) is 20.8 Å². The van der Waals surface area contributed by atoms with Crippen LogP contribution in [0.2, 0.25) is 0 Å². The molecule has 9 heteroatoms. The SMILES string of the molecule is Cc1cc(OCC(=O)Nc2nccs2)nc(-n2nc(C)cc2C)n1. The first-order chi connectivity index (χ1) is 11.5. The molecule has 3 rings (SSSR count). The molecule has 0 bridgehead atoms. The van der Waals surface area contributed by atoms with Crippen LogP contribution in [-0.2, 0) is 4.79 Å². The molecule has 124 valence electrons. The first-order valence-electron chi connectivity index (χ1n) is 7.23. The van der Waals surface area contributed by atoms with Gasteiger partial charge in [0.15, 0.2) is 11.7 Å². The Morgan fingerprint density at radius 1 is 1.25 bits per heavy atom. The van der Waals surface area contributed by atoms with E-state index < -0.39 is 0 Å². The van der Waals surface area contributed by atoms with E-state index in [1.807, 2.05) is 26.8 Å². The summed E-state index contributed by atoms with van der Waals surface area (Å²) in [6, 6.07) is 3.61. The maximum atomic E-state index is 11.9. The molecule has 0 saturated carbocycles. The maximum absolute atomic E-state index is 11.9. The molecule has 0 fully saturated rings. The van der Waals surface area contributed by atoms with Gasteiger partial charge in [0.1, 0.15) is 0 Å². The standard InChI is InChI=1S/C15H16N6O2S/c1-9-7-13(23-8-12(22)18-15-16-4-5-24-15)19-14(17-9)21-11(3)6-10(2)20-21/h4-7H,8H2,1-3H3,(H,16,18,22). The van der Waals surface area contributed by atoms with Gasteiger partial charge in [-0.25, -0.2) is 14.6 Å². The number of amides is 1. The minimum absolute atomic E-state index is 0.160. The molecule has 0 aliphatic rings. The van der Waals surface area contributed by atoms with Crippen molar-refractivity contribution < 1.29 is 9.53 Å². The van der Waals surface area contributed by atoms with Gasteiger partial charge in [-0.2, -0.15) is 10.1 Å². The monoisotopic (exact) mass is 344 g/mol. The number of carbonyl (C=O) groups excluding carboxylic acids is 1. The van der Waals surface area contributed by atoms with Crippen LogP contribution >= 0.6 is 11.3 Å². The van der Waals surface area contributed by atoms with Gasteiger partial charge in [0, 0.05) is 29.0 Å². The quantitative estimate of drug-likeness (QED) is 0.761. The Morgan fingerprint density at radius 2 is 2.08 bits per heavy atom. The number of ether oxygens (including phenoxy) is 1. The Labute approximate surface area is 142 Å². The van der Waals surface area contributed by atoms with Crippen molar-refractivity contribution in [3.8, 4) is 11.8 Å². The summed E-state index contributed by atoms with van der Waals surface area (Å²) in [4.78, 5) is 24.5. The number of nitrogens with one attached hydrogen (secondary N) is 1. The second kappa shape index (κ2) is 6.75. The van der Waals surface area contributed by atoms with Gasteiger partial charge in [0.25, 0.3) is 11.9 Å². The van der Waals surface area contributed by atoms with Crippen molar-refractivity contribution in [1.82, 2.24) is 24.7 Å². The van der Waals surface area contributed by atoms with Crippen LogP contribution in [0.3, 0.4) is 0 Å². The second-order valence-corrected chi connectivity index (χ2v) is 6.06. The third kappa shape index (κ3) is 3.74. The highest BCUT2D eigenvalue weighted by Crippen LogP contribution is 2.14. The van der Waals surface area contributed by atoms with E-state index in [9.17, 15) is 4.79 Å². The molecule has 3 aromatic heterocycles. The van der Waals surface area contributed by atoms with Crippen molar-refractivity contribution >= 4 is 22.4 Å². The van der Waals surface area contributed by atoms with Crippen LogP contribution in [0.25, 0.3) is 5.95 Å². The number of rotatable bonds is 5. The fraction of sp³-hybridized carbons (Fsp3) is 0.267. The predicted molar refractivity (Wildman–Crippen MR) is 89.6 cm³/mol. The smallest absolute Gasteiger partial charge is 0.264 e. The highest BCUT2D eigenvalue weighted by molar-refractivity contribution is 7.13. The summed E-state index contributed by atoms with van der Waals surface area (Å²) in [7, 11) is 0. The van der Waals surface area contributed by atoms with Gasteiger partial charge < -0.3 is 4.74 Å². The van der Waals surface area contributed by atoms with Gasteiger partial charge in [-0.1, -0.05) is 0 Å². The van der Waals surface area contributed by atoms with E-state index in [2.05, 4.69) is 25.4 Å². The van der Waals surface area contributed by atoms with Gasteiger partial charge in [-0.05, 0) is 26.8 Å². The zero-order chi connectivity index (χ0) is 17.1. The number of hydrogen-bond donors (Lipinski definition) is 1. The van der Waals surface area contributed by atoms with Gasteiger partial charge in [0.05, 0.1) is 5.69 Å². The van der Waals surface area contributed by atoms with Crippen LogP contribution in [0.1, 0.15) is 17.1 Å². The number of hydrogen-bond acceptors (Lipinski definition) is 7. The van der Waals surface area contributed by atoms with Crippen LogP contribution in [0.4, 0.5) is 5.13 Å². The Kier molecular flexibility index (Phi) is 4.52. The first-order valence-corrected chi connectivity index (χ1v) is 8.11. The van der Waals surface area contributed by atoms with Crippen molar-refractivity contribution in [2.24, 2.45) is 0 Å². The fourth-order valence-electron chi connectivity index (χ4n) is 2.10. The molecule has 0 unspecified atom stereocenters. The van der Waals surface area contributed by atoms with Crippen molar-refractivity contribution in [1.29, 1.82) is 0 Å². The van der Waals surface area contributed by atoms with Crippen LogP contribution in [-0.4, -0.2) is 37.2 Å². The summed E-state index contributed by atoms with van der Waals surface area (Å²) in [5, 5.41) is 9.32. The van der Waals surface area contributed by atoms with Crippen molar-refractivity contribution in [3.63, 3.8) is 0 Å². The van der Waals surface area contributed by atoms with Crippen LogP contribution in [0, 0.1) is 20.8 Å². The number of anilines is 1. The zero-order valence-corrected chi connectivity index (χ0v) is 14.3. The fourth-order valence-corrected chi connectivity index (χ4v) is 2.65. The number of aromatic nitrogens is 5. The summed E-state index contributed by atoms with van der Waals surface area (Å²) >= 11 is 1.34. The Hall–Kier alpha value is -2.81. The van der Waals surface area contributed by atoms with Crippen LogP contribution in [0.15, 0.2) is 23.7 Å². The Bertz CT molecular complexity index is 859. The van der Waals surface area contributed by atoms with E-state index in [1.165, 1.54) is 11.3 Å². The highest BCUT2D eigenvalue weighted by atomic mass is 32.1. The molecule has 0 saturated heterocycles. The highest BCUT2D eigenvalue weighted by Gasteiger charge is 2.11.